The summed E-state index contributed by atoms with van der Waals surface area (Å²) in [6.45, 7) is 0.447. The molecule has 7 nitrogen and oxygen atoms in total. The summed E-state index contributed by atoms with van der Waals surface area (Å²) in [5, 5.41) is 11.8. The van der Waals surface area contributed by atoms with Gasteiger partial charge in [-0.15, -0.1) is 0 Å². The van der Waals surface area contributed by atoms with E-state index >= 15 is 0 Å². The summed E-state index contributed by atoms with van der Waals surface area (Å²) in [5.74, 6) is -1.69. The van der Waals surface area contributed by atoms with Crippen molar-refractivity contribution in [3.05, 3.63) is 12.2 Å². The molecule has 19 heavy (non-hydrogen) atoms. The first kappa shape index (κ1) is 15.3. The molecule has 0 saturated carbocycles. The molecule has 0 fully saturated rings. The van der Waals surface area contributed by atoms with Crippen molar-refractivity contribution in [2.45, 2.75) is 25.3 Å². The molecule has 1 aliphatic heterocycles. The van der Waals surface area contributed by atoms with E-state index in [0.717, 1.165) is 36.3 Å². The Labute approximate surface area is 111 Å². The van der Waals surface area contributed by atoms with Gasteiger partial charge in [0.2, 0.25) is 5.91 Å². The van der Waals surface area contributed by atoms with Crippen molar-refractivity contribution in [1.82, 2.24) is 10.2 Å². The topological polar surface area (TPSA) is 113 Å². The monoisotopic (exact) mass is 269 g/mol. The highest BCUT2D eigenvalue weighted by molar-refractivity contribution is 6.15. The van der Waals surface area contributed by atoms with Crippen LogP contribution in [0.15, 0.2) is 12.2 Å². The van der Waals surface area contributed by atoms with Gasteiger partial charge in [-0.2, -0.15) is 0 Å². The maximum Gasteiger partial charge on any atom is 0.254 e. The highest BCUT2D eigenvalue weighted by Gasteiger charge is 2.35. The molecule has 1 aliphatic rings. The summed E-state index contributed by atoms with van der Waals surface area (Å²) < 4.78 is 0. The fourth-order valence-electron chi connectivity index (χ4n) is 1.78. The van der Waals surface area contributed by atoms with Crippen LogP contribution >= 0.6 is 0 Å². The van der Waals surface area contributed by atoms with E-state index in [1.54, 1.807) is 0 Å². The third-order valence-corrected chi connectivity index (χ3v) is 2.81. The van der Waals surface area contributed by atoms with E-state index in [-0.39, 0.29) is 0 Å². The van der Waals surface area contributed by atoms with Gasteiger partial charge < -0.3 is 16.2 Å². The molecule has 1 unspecified atom stereocenters. The Morgan fingerprint density at radius 2 is 1.89 bits per heavy atom. The standard InChI is InChI=1S/C12H19N3O4/c13-6-2-1-3-7-14-12(19)9(8-16)15-10(17)4-5-11(15)18/h4-5,9,16H,1-3,6-8,13H2,(H,14,19). The van der Waals surface area contributed by atoms with Crippen molar-refractivity contribution in [1.29, 1.82) is 0 Å². The summed E-state index contributed by atoms with van der Waals surface area (Å²) >= 11 is 0. The van der Waals surface area contributed by atoms with E-state index in [1.807, 2.05) is 0 Å². The lowest BCUT2D eigenvalue weighted by atomic mass is 10.2. The number of carbonyl (C=O) groups excluding carboxylic acids is 3. The van der Waals surface area contributed by atoms with Gasteiger partial charge in [-0.3, -0.25) is 19.3 Å². The largest absolute Gasteiger partial charge is 0.394 e. The zero-order chi connectivity index (χ0) is 14.3. The molecule has 1 atom stereocenters. The van der Waals surface area contributed by atoms with Gasteiger partial charge in [-0.1, -0.05) is 6.42 Å². The maximum absolute atomic E-state index is 11.8. The number of unbranched alkanes of at least 4 members (excludes halogenated alkanes) is 2. The highest BCUT2D eigenvalue weighted by Crippen LogP contribution is 2.09. The first-order valence-corrected chi connectivity index (χ1v) is 6.25. The number of carbonyl (C=O) groups is 3. The number of amides is 3. The highest BCUT2D eigenvalue weighted by atomic mass is 16.3. The van der Waals surface area contributed by atoms with Gasteiger partial charge in [0, 0.05) is 18.7 Å². The van der Waals surface area contributed by atoms with Crippen LogP contribution in [0.25, 0.3) is 0 Å². The molecule has 0 aromatic heterocycles. The normalized spacial score (nSPS) is 16.0. The fourth-order valence-corrected chi connectivity index (χ4v) is 1.78. The molecule has 7 heteroatoms. The second-order valence-electron chi connectivity index (χ2n) is 4.22. The SMILES string of the molecule is NCCCCCNC(=O)C(CO)N1C(=O)C=CC1=O. The Morgan fingerprint density at radius 3 is 2.42 bits per heavy atom. The average Bonchev–Trinajstić information content (AvgIpc) is 2.71. The molecule has 3 amide bonds. The number of nitrogens with one attached hydrogen (secondary N) is 1. The molecule has 1 rings (SSSR count). The Kier molecular flexibility index (Phi) is 6.17. The van der Waals surface area contributed by atoms with Crippen molar-refractivity contribution in [2.75, 3.05) is 19.7 Å². The molecular formula is C12H19N3O4. The lowest BCUT2D eigenvalue weighted by Crippen LogP contribution is -2.51. The number of hydrogen-bond donors (Lipinski definition) is 3. The lowest BCUT2D eigenvalue weighted by Gasteiger charge is -2.23. The van der Waals surface area contributed by atoms with E-state index < -0.39 is 30.4 Å². The van der Waals surface area contributed by atoms with Crippen LogP contribution in [-0.2, 0) is 14.4 Å². The van der Waals surface area contributed by atoms with Crippen molar-refractivity contribution in [2.24, 2.45) is 5.73 Å². The Hall–Kier alpha value is -1.73. The minimum absolute atomic E-state index is 0.430. The van der Waals surface area contributed by atoms with Crippen LogP contribution in [0.3, 0.4) is 0 Å². The Bertz CT molecular complexity index is 363. The van der Waals surface area contributed by atoms with Crippen molar-refractivity contribution < 1.29 is 19.5 Å². The number of hydrogen-bond acceptors (Lipinski definition) is 5. The summed E-state index contributed by atoms with van der Waals surface area (Å²) in [4.78, 5) is 35.4. The Balaban J connectivity index is 2.44. The zero-order valence-corrected chi connectivity index (χ0v) is 10.7. The molecule has 0 saturated heterocycles. The van der Waals surface area contributed by atoms with E-state index in [9.17, 15) is 19.5 Å². The van der Waals surface area contributed by atoms with E-state index in [0.29, 0.717) is 13.1 Å². The molecule has 1 heterocycles. The van der Waals surface area contributed by atoms with Crippen molar-refractivity contribution in [3.8, 4) is 0 Å². The zero-order valence-electron chi connectivity index (χ0n) is 10.7. The first-order valence-electron chi connectivity index (χ1n) is 6.25. The van der Waals surface area contributed by atoms with Crippen LogP contribution in [0.4, 0.5) is 0 Å². The van der Waals surface area contributed by atoms with Gasteiger partial charge in [0.25, 0.3) is 11.8 Å². The second-order valence-corrected chi connectivity index (χ2v) is 4.22. The summed E-state index contributed by atoms with van der Waals surface area (Å²) in [6.07, 6.45) is 4.70. The van der Waals surface area contributed by atoms with Crippen molar-refractivity contribution in [3.63, 3.8) is 0 Å². The minimum atomic E-state index is -1.16. The average molecular weight is 269 g/mol. The van der Waals surface area contributed by atoms with Crippen LogP contribution in [-0.4, -0.2) is 53.5 Å². The molecule has 0 aliphatic carbocycles. The fraction of sp³-hybridized carbons (Fsp3) is 0.583. The summed E-state index contributed by atoms with van der Waals surface area (Å²) in [6, 6.07) is -1.16. The maximum atomic E-state index is 11.8. The molecule has 0 aromatic carbocycles. The molecule has 0 spiro atoms. The number of nitrogens with two attached hydrogens (primary N) is 1. The van der Waals surface area contributed by atoms with Gasteiger partial charge in [-0.05, 0) is 19.4 Å². The smallest absolute Gasteiger partial charge is 0.254 e. The van der Waals surface area contributed by atoms with Gasteiger partial charge in [0.15, 0.2) is 0 Å². The number of nitrogens with zero attached hydrogens (tertiary/aromatic N) is 1. The number of aliphatic hydroxyl groups excluding tert-OH is 1. The quantitative estimate of drug-likeness (QED) is 0.367. The van der Waals surface area contributed by atoms with Crippen LogP contribution < -0.4 is 11.1 Å². The molecule has 0 aromatic rings. The molecule has 4 N–H and O–H groups in total. The predicted octanol–water partition coefficient (Wildman–Crippen LogP) is -1.48. The van der Waals surface area contributed by atoms with Gasteiger partial charge in [-0.25, -0.2) is 0 Å². The minimum Gasteiger partial charge on any atom is -0.394 e. The summed E-state index contributed by atoms with van der Waals surface area (Å²) in [5.41, 5.74) is 5.34. The van der Waals surface area contributed by atoms with E-state index in [2.05, 4.69) is 5.32 Å². The third-order valence-electron chi connectivity index (χ3n) is 2.81. The number of rotatable bonds is 8. The number of imide groups is 1. The van der Waals surface area contributed by atoms with Gasteiger partial charge in [0.05, 0.1) is 6.61 Å². The van der Waals surface area contributed by atoms with Gasteiger partial charge >= 0.3 is 0 Å². The second kappa shape index (κ2) is 7.65. The molecule has 0 bridgehead atoms. The van der Waals surface area contributed by atoms with E-state index in [1.165, 1.54) is 0 Å². The lowest BCUT2D eigenvalue weighted by molar-refractivity contribution is -0.146. The molecule has 106 valence electrons. The third kappa shape index (κ3) is 4.15. The van der Waals surface area contributed by atoms with Crippen LogP contribution in [0.1, 0.15) is 19.3 Å². The summed E-state index contributed by atoms with van der Waals surface area (Å²) in [7, 11) is 0. The molecule has 0 radical (unpaired) electrons. The van der Waals surface area contributed by atoms with Crippen LogP contribution in [0.5, 0.6) is 0 Å². The predicted molar refractivity (Wildman–Crippen MR) is 67.8 cm³/mol. The van der Waals surface area contributed by atoms with Gasteiger partial charge in [0.1, 0.15) is 6.04 Å². The van der Waals surface area contributed by atoms with Crippen molar-refractivity contribution >= 4 is 17.7 Å². The van der Waals surface area contributed by atoms with Crippen LogP contribution in [0.2, 0.25) is 0 Å². The number of aliphatic hydroxyl groups is 1. The first-order chi connectivity index (χ1) is 9.11. The van der Waals surface area contributed by atoms with Crippen LogP contribution in [0, 0.1) is 0 Å². The Morgan fingerprint density at radius 1 is 1.26 bits per heavy atom. The van der Waals surface area contributed by atoms with E-state index in [4.69, 9.17) is 5.73 Å². The molecular weight excluding hydrogens is 250 g/mol.